The molecule has 0 aromatic heterocycles. The highest BCUT2D eigenvalue weighted by atomic mass is 15.2. The Balaban J connectivity index is -0.000000496. The van der Waals surface area contributed by atoms with Crippen molar-refractivity contribution >= 4 is 0 Å². The Hall–Kier alpha value is -0.400. The average molecular weight is 483 g/mol. The fourth-order valence-electron chi connectivity index (χ4n) is 5.39. The van der Waals surface area contributed by atoms with Gasteiger partial charge in [0.05, 0.1) is 11.1 Å². The van der Waals surface area contributed by atoms with E-state index in [-0.39, 0.29) is 21.9 Å². The second kappa shape index (κ2) is 14.4. The summed E-state index contributed by atoms with van der Waals surface area (Å²) in [6.45, 7) is 45.0. The van der Waals surface area contributed by atoms with Crippen LogP contribution in [0.3, 0.4) is 0 Å². The molecule has 0 fully saturated rings. The quantitative estimate of drug-likeness (QED) is 0.336. The molecular weight excluding hydrogens is 412 g/mol. The average Bonchev–Trinajstić information content (AvgIpc) is 2.35. The first-order chi connectivity index (χ1) is 14.5. The fourth-order valence-corrected chi connectivity index (χ4v) is 5.39. The van der Waals surface area contributed by atoms with Gasteiger partial charge in [-0.1, -0.05) is 111 Å². The summed E-state index contributed by atoms with van der Waals surface area (Å²) in [7, 11) is 0. The maximum atomic E-state index is 4.62. The minimum absolute atomic E-state index is 0.0760. The number of rotatable bonds is 6. The van der Waals surface area contributed by atoms with Crippen LogP contribution in [0, 0.1) is 33.5 Å². The number of azo groups is 1. The summed E-state index contributed by atoms with van der Waals surface area (Å²) in [4.78, 5) is 0. The van der Waals surface area contributed by atoms with Gasteiger partial charge in [-0.2, -0.15) is 10.2 Å². The van der Waals surface area contributed by atoms with Crippen LogP contribution in [0.15, 0.2) is 10.2 Å². The Morgan fingerprint density at radius 1 is 0.382 bits per heavy atom. The van der Waals surface area contributed by atoms with E-state index in [1.807, 2.05) is 0 Å². The summed E-state index contributed by atoms with van der Waals surface area (Å²) < 4.78 is 0. The molecule has 34 heavy (non-hydrogen) atoms. The highest BCUT2D eigenvalue weighted by Gasteiger charge is 2.29. The van der Waals surface area contributed by atoms with E-state index < -0.39 is 0 Å². The minimum atomic E-state index is -0.0760. The van der Waals surface area contributed by atoms with Gasteiger partial charge in [-0.05, 0) is 86.9 Å². The molecule has 0 aliphatic rings. The smallest absolute Gasteiger partial charge is 0.0765 e. The molecule has 0 N–H and O–H groups in total. The Morgan fingerprint density at radius 2 is 0.588 bits per heavy atom. The molecule has 0 rings (SSSR count). The number of hydrogen-bond donors (Lipinski definition) is 0. The normalized spacial score (nSPS) is 14.2. The Bertz CT molecular complexity index is 486. The van der Waals surface area contributed by atoms with Gasteiger partial charge < -0.3 is 0 Å². The first-order valence-electron chi connectivity index (χ1n) is 13.9. The maximum absolute atomic E-state index is 4.62. The first-order valence-corrected chi connectivity index (χ1v) is 13.9. The van der Waals surface area contributed by atoms with Gasteiger partial charge in [-0.25, -0.2) is 0 Å². The SMILES string of the molecule is CC(C)(C)CC(C)(C)N=NC(C)(C)CC(C)(C)C.CC(C)CC(C)(C)C.CC(C)CC(C)(C)C. The molecule has 0 aromatic rings. The molecule has 208 valence electrons. The molecule has 2 nitrogen and oxygen atoms in total. The summed E-state index contributed by atoms with van der Waals surface area (Å²) in [5.41, 5.74) is 1.47. The number of hydrogen-bond acceptors (Lipinski definition) is 2. The molecule has 0 atom stereocenters. The second-order valence-corrected chi connectivity index (χ2v) is 17.6. The van der Waals surface area contributed by atoms with Crippen molar-refractivity contribution in [2.24, 2.45) is 43.7 Å². The van der Waals surface area contributed by atoms with Crippen molar-refractivity contribution in [2.75, 3.05) is 0 Å². The van der Waals surface area contributed by atoms with Crippen molar-refractivity contribution in [1.82, 2.24) is 0 Å². The number of nitrogens with zero attached hydrogens (tertiary/aromatic N) is 2. The molecule has 0 radical (unpaired) electrons. The molecule has 0 amide bonds. The van der Waals surface area contributed by atoms with Crippen LogP contribution in [0.5, 0.6) is 0 Å². The highest BCUT2D eigenvalue weighted by molar-refractivity contribution is 4.86. The largest absolute Gasteiger partial charge is 0.187 e. The third-order valence-corrected chi connectivity index (χ3v) is 4.56. The van der Waals surface area contributed by atoms with Crippen molar-refractivity contribution in [1.29, 1.82) is 0 Å². The van der Waals surface area contributed by atoms with Gasteiger partial charge in [-0.3, -0.25) is 0 Å². The lowest BCUT2D eigenvalue weighted by atomic mass is 9.81. The van der Waals surface area contributed by atoms with E-state index in [1.165, 1.54) is 12.8 Å². The summed E-state index contributed by atoms with van der Waals surface area (Å²) in [5.74, 6) is 1.69. The molecular formula is C32H70N2. The van der Waals surface area contributed by atoms with Gasteiger partial charge in [0, 0.05) is 0 Å². The molecule has 0 aromatic carbocycles. The van der Waals surface area contributed by atoms with Crippen molar-refractivity contribution < 1.29 is 0 Å². The zero-order valence-corrected chi connectivity index (χ0v) is 27.9. The zero-order valence-electron chi connectivity index (χ0n) is 27.9. The van der Waals surface area contributed by atoms with Gasteiger partial charge in [0.2, 0.25) is 0 Å². The maximum Gasteiger partial charge on any atom is 0.0765 e. The second-order valence-electron chi connectivity index (χ2n) is 17.6. The lowest BCUT2D eigenvalue weighted by Gasteiger charge is -2.31. The van der Waals surface area contributed by atoms with Crippen molar-refractivity contribution in [3.05, 3.63) is 0 Å². The fraction of sp³-hybridized carbons (Fsp3) is 1.00. The molecule has 0 saturated carbocycles. The predicted octanol–water partition coefficient (Wildman–Crippen LogP) is 12.0. The monoisotopic (exact) mass is 483 g/mol. The third-order valence-electron chi connectivity index (χ3n) is 4.56. The predicted molar refractivity (Wildman–Crippen MR) is 159 cm³/mol. The summed E-state index contributed by atoms with van der Waals surface area (Å²) in [6.07, 6.45) is 4.75. The van der Waals surface area contributed by atoms with Gasteiger partial charge in [0.15, 0.2) is 0 Å². The van der Waals surface area contributed by atoms with Crippen molar-refractivity contribution in [2.45, 2.75) is 175 Å². The van der Waals surface area contributed by atoms with Crippen LogP contribution in [0.25, 0.3) is 0 Å². The van der Waals surface area contributed by atoms with E-state index in [9.17, 15) is 0 Å². The van der Waals surface area contributed by atoms with Crippen LogP contribution < -0.4 is 0 Å². The van der Waals surface area contributed by atoms with E-state index in [4.69, 9.17) is 0 Å². The highest BCUT2D eigenvalue weighted by Crippen LogP contribution is 2.33. The van der Waals surface area contributed by atoms with E-state index >= 15 is 0 Å². The summed E-state index contributed by atoms with van der Waals surface area (Å²) >= 11 is 0. The molecule has 2 heteroatoms. The summed E-state index contributed by atoms with van der Waals surface area (Å²) in [6, 6.07) is 0. The first kappa shape index (κ1) is 38.1. The summed E-state index contributed by atoms with van der Waals surface area (Å²) in [5, 5.41) is 9.24. The van der Waals surface area contributed by atoms with Crippen LogP contribution in [0.4, 0.5) is 0 Å². The van der Waals surface area contributed by atoms with Crippen LogP contribution in [0.1, 0.15) is 164 Å². The molecule has 0 saturated heterocycles. The van der Waals surface area contributed by atoms with E-state index in [0.29, 0.717) is 10.8 Å². The van der Waals surface area contributed by atoms with E-state index in [1.54, 1.807) is 0 Å². The Morgan fingerprint density at radius 3 is 0.676 bits per heavy atom. The molecule has 0 aliphatic carbocycles. The standard InChI is InChI=1S/C16H34N2.2C8H18/c1-13(2,3)11-15(7,8)17-18-16(9,10)12-14(4,5)6;2*1-7(2)6-8(3,4)5/h11-12H2,1-10H3;2*7H,6H2,1-5H3. The zero-order chi connectivity index (χ0) is 28.4. The van der Waals surface area contributed by atoms with Gasteiger partial charge in [-0.15, -0.1) is 0 Å². The van der Waals surface area contributed by atoms with E-state index in [2.05, 4.69) is 149 Å². The Kier molecular flexibility index (Phi) is 16.1. The van der Waals surface area contributed by atoms with Crippen LogP contribution in [-0.4, -0.2) is 11.1 Å². The van der Waals surface area contributed by atoms with Crippen LogP contribution in [0.2, 0.25) is 0 Å². The lowest BCUT2D eigenvalue weighted by molar-refractivity contribution is 0.248. The molecule has 0 bridgehead atoms. The molecule has 0 heterocycles. The minimum Gasteiger partial charge on any atom is -0.187 e. The molecule has 0 spiro atoms. The van der Waals surface area contributed by atoms with Crippen LogP contribution in [-0.2, 0) is 0 Å². The lowest BCUT2D eigenvalue weighted by Crippen LogP contribution is -2.28. The van der Waals surface area contributed by atoms with Crippen molar-refractivity contribution in [3.8, 4) is 0 Å². The van der Waals surface area contributed by atoms with Gasteiger partial charge >= 0.3 is 0 Å². The third kappa shape index (κ3) is 36.2. The van der Waals surface area contributed by atoms with Gasteiger partial charge in [0.25, 0.3) is 0 Å². The van der Waals surface area contributed by atoms with Crippen molar-refractivity contribution in [3.63, 3.8) is 0 Å². The van der Waals surface area contributed by atoms with Gasteiger partial charge in [0.1, 0.15) is 0 Å². The topological polar surface area (TPSA) is 24.7 Å². The van der Waals surface area contributed by atoms with Crippen LogP contribution >= 0.6 is 0 Å². The molecule has 0 aliphatic heterocycles. The van der Waals surface area contributed by atoms with E-state index in [0.717, 1.165) is 24.7 Å². The molecule has 0 unspecified atom stereocenters. The Labute approximate surface area is 219 Å².